The van der Waals surface area contributed by atoms with Crippen LogP contribution in [0.1, 0.15) is 20.3 Å². The Balaban J connectivity index is 0.000000218. The van der Waals surface area contributed by atoms with Gasteiger partial charge < -0.3 is 5.32 Å². The smallest absolute Gasteiger partial charge is 0.235 e. The molecule has 2 nitrogen and oxygen atoms in total. The summed E-state index contributed by atoms with van der Waals surface area (Å²) in [5.74, 6) is 0.764. The summed E-state index contributed by atoms with van der Waals surface area (Å²) in [4.78, 5) is 10.3. The zero-order chi connectivity index (χ0) is 8.85. The number of rotatable bonds is 0. The van der Waals surface area contributed by atoms with E-state index in [1.54, 1.807) is 0 Å². The van der Waals surface area contributed by atoms with Gasteiger partial charge in [0.15, 0.2) is 0 Å². The largest absolute Gasteiger partial charge is 0.356 e. The summed E-state index contributed by atoms with van der Waals surface area (Å²) in [6.07, 6.45) is -1.44. The predicted octanol–water partition coefficient (Wildman–Crippen LogP) is 1.41. The second-order valence-corrected chi connectivity index (χ2v) is 2.63. The Labute approximate surface area is 65.0 Å². The fourth-order valence-corrected chi connectivity index (χ4v) is 0.749. The van der Waals surface area contributed by atoms with Crippen molar-refractivity contribution in [3.8, 4) is 0 Å². The molecule has 0 radical (unpaired) electrons. The molecule has 0 aromatic carbocycles. The van der Waals surface area contributed by atoms with E-state index in [4.69, 9.17) is 0 Å². The van der Waals surface area contributed by atoms with Gasteiger partial charge in [0.05, 0.1) is 0 Å². The summed E-state index contributed by atoms with van der Waals surface area (Å²) in [7, 11) is 0. The molecule has 1 atom stereocenters. The lowest BCUT2D eigenvalue weighted by Gasteiger charge is -1.88. The van der Waals surface area contributed by atoms with Crippen molar-refractivity contribution in [3.63, 3.8) is 0 Å². The van der Waals surface area contributed by atoms with Crippen LogP contribution in [0.15, 0.2) is 0 Å². The Kier molecular flexibility index (Phi) is 4.74. The minimum atomic E-state index is -2.17. The van der Waals surface area contributed by atoms with E-state index >= 15 is 0 Å². The number of alkyl halides is 2. The fourth-order valence-electron chi connectivity index (χ4n) is 0.749. The van der Waals surface area contributed by atoms with Gasteiger partial charge in [-0.2, -0.15) is 0 Å². The monoisotopic (exact) mass is 165 g/mol. The highest BCUT2D eigenvalue weighted by Crippen LogP contribution is 2.05. The highest BCUT2D eigenvalue weighted by Gasteiger charge is 2.15. The van der Waals surface area contributed by atoms with Gasteiger partial charge in [-0.15, -0.1) is 0 Å². The van der Waals surface area contributed by atoms with Gasteiger partial charge in [0, 0.05) is 13.0 Å². The molecule has 0 spiro atoms. The van der Waals surface area contributed by atoms with Gasteiger partial charge in [-0.1, -0.05) is 6.92 Å². The van der Waals surface area contributed by atoms with Gasteiger partial charge in [0.2, 0.25) is 12.3 Å². The van der Waals surface area contributed by atoms with E-state index in [1.165, 1.54) is 0 Å². The topological polar surface area (TPSA) is 29.1 Å². The second-order valence-electron chi connectivity index (χ2n) is 2.63. The first-order valence-corrected chi connectivity index (χ1v) is 3.57. The molecule has 0 aromatic heterocycles. The van der Waals surface area contributed by atoms with E-state index in [0.29, 0.717) is 5.92 Å². The number of carbonyl (C=O) groups is 1. The Bertz CT molecular complexity index is 125. The molecule has 0 aromatic rings. The van der Waals surface area contributed by atoms with Gasteiger partial charge >= 0.3 is 0 Å². The van der Waals surface area contributed by atoms with Crippen LogP contribution in [0.5, 0.6) is 0 Å². The Morgan fingerprint density at radius 2 is 2.09 bits per heavy atom. The average Bonchev–Trinajstić information content (AvgIpc) is 2.13. The number of amides is 1. The standard InChI is InChI=1S/C5H9NO.C2H4F2/c1-4-2-5(7)6-3-4;1-2(3)4/h4H,2-3H2,1H3,(H,6,7);2H,1H3. The maximum Gasteiger partial charge on any atom is 0.235 e. The lowest BCUT2D eigenvalue weighted by Crippen LogP contribution is -2.13. The first-order valence-electron chi connectivity index (χ1n) is 3.57. The molecule has 4 heteroatoms. The number of halogens is 2. The van der Waals surface area contributed by atoms with Gasteiger partial charge in [-0.25, -0.2) is 8.78 Å². The molecule has 1 fully saturated rings. The van der Waals surface area contributed by atoms with E-state index in [0.717, 1.165) is 19.9 Å². The van der Waals surface area contributed by atoms with E-state index in [2.05, 4.69) is 12.2 Å². The van der Waals surface area contributed by atoms with Crippen LogP contribution in [0.2, 0.25) is 0 Å². The summed E-state index contributed by atoms with van der Waals surface area (Å²) >= 11 is 0. The van der Waals surface area contributed by atoms with Gasteiger partial charge in [0.25, 0.3) is 0 Å². The van der Waals surface area contributed by atoms with Crippen LogP contribution >= 0.6 is 0 Å². The molecule has 1 heterocycles. The average molecular weight is 165 g/mol. The van der Waals surface area contributed by atoms with Crippen LogP contribution in [-0.2, 0) is 4.79 Å². The summed E-state index contributed by atoms with van der Waals surface area (Å²) in [6, 6.07) is 0. The minimum absolute atomic E-state index is 0.201. The summed E-state index contributed by atoms with van der Waals surface area (Å²) in [6.45, 7) is 3.77. The van der Waals surface area contributed by atoms with Crippen LogP contribution < -0.4 is 5.32 Å². The molecule has 0 bridgehead atoms. The first kappa shape index (κ1) is 10.3. The minimum Gasteiger partial charge on any atom is -0.356 e. The van der Waals surface area contributed by atoms with Crippen LogP contribution in [0.3, 0.4) is 0 Å². The third-order valence-electron chi connectivity index (χ3n) is 1.18. The molecular formula is C7H13F2NO. The second kappa shape index (κ2) is 5.04. The Morgan fingerprint density at radius 1 is 1.64 bits per heavy atom. The van der Waals surface area contributed by atoms with Crippen LogP contribution in [0, 0.1) is 5.92 Å². The van der Waals surface area contributed by atoms with Crippen molar-refractivity contribution in [1.29, 1.82) is 0 Å². The maximum atomic E-state index is 10.3. The van der Waals surface area contributed by atoms with Crippen LogP contribution in [0.4, 0.5) is 8.78 Å². The van der Waals surface area contributed by atoms with E-state index < -0.39 is 6.43 Å². The molecule has 66 valence electrons. The molecule has 11 heavy (non-hydrogen) atoms. The number of hydrogen-bond donors (Lipinski definition) is 1. The molecule has 1 N–H and O–H groups in total. The van der Waals surface area contributed by atoms with E-state index in [1.807, 2.05) is 0 Å². The molecule has 1 aliphatic rings. The lowest BCUT2D eigenvalue weighted by atomic mass is 10.2. The molecule has 1 rings (SSSR count). The molecule has 1 aliphatic heterocycles. The highest BCUT2D eigenvalue weighted by molar-refractivity contribution is 5.78. The lowest BCUT2D eigenvalue weighted by molar-refractivity contribution is -0.119. The van der Waals surface area contributed by atoms with Crippen molar-refractivity contribution >= 4 is 5.91 Å². The summed E-state index contributed by atoms with van der Waals surface area (Å²) in [5, 5.41) is 2.73. The zero-order valence-electron chi connectivity index (χ0n) is 6.73. The summed E-state index contributed by atoms with van der Waals surface area (Å²) in [5.41, 5.74) is 0. The van der Waals surface area contributed by atoms with Crippen molar-refractivity contribution in [2.24, 2.45) is 5.92 Å². The maximum absolute atomic E-state index is 10.3. The summed E-state index contributed by atoms with van der Waals surface area (Å²) < 4.78 is 20.7. The third-order valence-corrected chi connectivity index (χ3v) is 1.18. The van der Waals surface area contributed by atoms with Crippen molar-refractivity contribution in [1.82, 2.24) is 5.32 Å². The van der Waals surface area contributed by atoms with Crippen molar-refractivity contribution < 1.29 is 13.6 Å². The number of carbonyl (C=O) groups excluding carboxylic acids is 1. The SMILES string of the molecule is CC(F)F.CC1CNC(=O)C1. The molecule has 1 unspecified atom stereocenters. The van der Waals surface area contributed by atoms with Crippen molar-refractivity contribution in [2.75, 3.05) is 6.54 Å². The van der Waals surface area contributed by atoms with Gasteiger partial charge in [-0.05, 0) is 12.8 Å². The normalized spacial score (nSPS) is 22.6. The first-order chi connectivity index (χ1) is 5.02. The molecule has 0 aliphatic carbocycles. The Hall–Kier alpha value is -0.670. The Morgan fingerprint density at radius 3 is 2.18 bits per heavy atom. The third kappa shape index (κ3) is 7.22. The van der Waals surface area contributed by atoms with Crippen LogP contribution in [0.25, 0.3) is 0 Å². The molecular weight excluding hydrogens is 152 g/mol. The molecule has 1 saturated heterocycles. The fraction of sp³-hybridized carbons (Fsp3) is 0.857. The zero-order valence-corrected chi connectivity index (χ0v) is 6.73. The van der Waals surface area contributed by atoms with E-state index in [9.17, 15) is 13.6 Å². The molecule has 1 amide bonds. The highest BCUT2D eigenvalue weighted by atomic mass is 19.3. The molecule has 0 saturated carbocycles. The number of hydrogen-bond acceptors (Lipinski definition) is 1. The van der Waals surface area contributed by atoms with Crippen molar-refractivity contribution in [2.45, 2.75) is 26.7 Å². The van der Waals surface area contributed by atoms with Crippen molar-refractivity contribution in [3.05, 3.63) is 0 Å². The van der Waals surface area contributed by atoms with Crippen LogP contribution in [-0.4, -0.2) is 18.9 Å². The number of nitrogens with one attached hydrogen (secondary N) is 1. The van der Waals surface area contributed by atoms with E-state index in [-0.39, 0.29) is 5.91 Å². The van der Waals surface area contributed by atoms with Gasteiger partial charge in [0.1, 0.15) is 0 Å². The van der Waals surface area contributed by atoms with Gasteiger partial charge in [-0.3, -0.25) is 4.79 Å². The quantitative estimate of drug-likeness (QED) is 0.577. The predicted molar refractivity (Wildman–Crippen MR) is 38.5 cm³/mol.